The first-order valence-corrected chi connectivity index (χ1v) is 10.5. The van der Waals surface area contributed by atoms with Gasteiger partial charge in [0.05, 0.1) is 23.5 Å². The van der Waals surface area contributed by atoms with E-state index in [1.165, 1.54) is 15.6 Å². The van der Waals surface area contributed by atoms with E-state index in [4.69, 9.17) is 14.7 Å². The second-order valence-corrected chi connectivity index (χ2v) is 7.79. The van der Waals surface area contributed by atoms with Crippen molar-refractivity contribution in [3.05, 3.63) is 69.1 Å². The Hall–Kier alpha value is -4.41. The molecule has 176 valence electrons. The maximum Gasteiger partial charge on any atom is 0.368 e. The first-order chi connectivity index (χ1) is 16.3. The number of benzene rings is 2. The lowest BCUT2D eigenvalue weighted by molar-refractivity contribution is 0.302. The van der Waals surface area contributed by atoms with Gasteiger partial charge in [0.2, 0.25) is 5.88 Å². The normalized spacial score (nSPS) is 11.3. The zero-order valence-corrected chi connectivity index (χ0v) is 19.6. The quantitative estimate of drug-likeness (QED) is 0.233. The second kappa shape index (κ2) is 9.22. The van der Waals surface area contributed by atoms with Crippen molar-refractivity contribution in [2.75, 3.05) is 7.11 Å². The van der Waals surface area contributed by atoms with Crippen LogP contribution in [0.1, 0.15) is 22.3 Å². The van der Waals surface area contributed by atoms with Gasteiger partial charge in [-0.3, -0.25) is 0 Å². The molecule has 0 amide bonds. The summed E-state index contributed by atoms with van der Waals surface area (Å²) < 4.78 is 15.6. The summed E-state index contributed by atoms with van der Waals surface area (Å²) in [5.74, 6) is 1.22. The van der Waals surface area contributed by atoms with Gasteiger partial charge >= 0.3 is 5.69 Å². The van der Waals surface area contributed by atoms with E-state index >= 15 is 0 Å². The first kappa shape index (κ1) is 22.8. The highest BCUT2D eigenvalue weighted by molar-refractivity contribution is 5.91. The third kappa shape index (κ3) is 4.03. The van der Waals surface area contributed by atoms with E-state index in [9.17, 15) is 4.79 Å². The molecule has 0 saturated carbocycles. The van der Waals surface area contributed by atoms with E-state index in [0.29, 0.717) is 28.6 Å². The lowest BCUT2D eigenvalue weighted by atomic mass is 10.0. The SMILES string of the molecule is COc1c(/C=N/[OH2+])c(-c2ccc(OCc3c(C)cccc3-n3nnn(C)c3=O)c(C)c2)nn1C. The molecule has 0 aliphatic rings. The molecule has 2 aromatic heterocycles. The van der Waals surface area contributed by atoms with E-state index in [1.54, 1.807) is 25.9 Å². The molecule has 2 aromatic carbocycles. The number of aromatic nitrogens is 6. The number of aryl methyl sites for hydroxylation is 4. The minimum absolute atomic E-state index is 0.249. The molecule has 0 spiro atoms. The molecule has 4 rings (SSSR count). The Morgan fingerprint density at radius 1 is 1.09 bits per heavy atom. The van der Waals surface area contributed by atoms with Crippen molar-refractivity contribution < 1.29 is 14.7 Å². The predicted octanol–water partition coefficient (Wildman–Crippen LogP) is 1.63. The highest BCUT2D eigenvalue weighted by atomic mass is 16.5. The molecule has 2 N–H and O–H groups in total. The van der Waals surface area contributed by atoms with Gasteiger partial charge in [-0.1, -0.05) is 12.1 Å². The van der Waals surface area contributed by atoms with Crippen LogP contribution in [0.5, 0.6) is 11.6 Å². The van der Waals surface area contributed by atoms with Crippen molar-refractivity contribution in [1.29, 1.82) is 0 Å². The van der Waals surface area contributed by atoms with Crippen molar-refractivity contribution in [2.24, 2.45) is 19.3 Å². The molecule has 0 atom stereocenters. The molecule has 34 heavy (non-hydrogen) atoms. The number of ether oxygens (including phenoxy) is 2. The lowest BCUT2D eigenvalue weighted by Gasteiger charge is -2.14. The molecule has 0 saturated heterocycles. The fraction of sp³-hybridized carbons (Fsp3) is 0.261. The lowest BCUT2D eigenvalue weighted by Crippen LogP contribution is -2.23. The van der Waals surface area contributed by atoms with Crippen molar-refractivity contribution in [3.63, 3.8) is 0 Å². The van der Waals surface area contributed by atoms with Crippen LogP contribution in [0.3, 0.4) is 0 Å². The number of rotatable bonds is 7. The number of hydrogen-bond donors (Lipinski definition) is 0. The van der Waals surface area contributed by atoms with Gasteiger partial charge in [0.15, 0.2) is 0 Å². The Bertz CT molecular complexity index is 1430. The molecule has 0 bridgehead atoms. The van der Waals surface area contributed by atoms with Crippen LogP contribution in [0.4, 0.5) is 0 Å². The van der Waals surface area contributed by atoms with Crippen molar-refractivity contribution in [2.45, 2.75) is 20.5 Å². The molecule has 11 heteroatoms. The smallest absolute Gasteiger partial charge is 0.368 e. The zero-order chi connectivity index (χ0) is 24.4. The highest BCUT2D eigenvalue weighted by Crippen LogP contribution is 2.32. The van der Waals surface area contributed by atoms with E-state index < -0.39 is 0 Å². The van der Waals surface area contributed by atoms with Gasteiger partial charge in [-0.25, -0.2) is 9.48 Å². The molecule has 0 aliphatic heterocycles. The largest absolute Gasteiger partial charge is 0.489 e. The van der Waals surface area contributed by atoms with E-state index in [0.717, 1.165) is 22.3 Å². The van der Waals surface area contributed by atoms with Gasteiger partial charge in [0.1, 0.15) is 24.3 Å². The van der Waals surface area contributed by atoms with Crippen LogP contribution in [-0.2, 0) is 20.7 Å². The van der Waals surface area contributed by atoms with Gasteiger partial charge in [-0.05, 0) is 59.7 Å². The first-order valence-electron chi connectivity index (χ1n) is 10.5. The molecule has 11 nitrogen and oxygen atoms in total. The van der Waals surface area contributed by atoms with Crippen LogP contribution in [0.2, 0.25) is 0 Å². The third-order valence-electron chi connectivity index (χ3n) is 5.57. The van der Waals surface area contributed by atoms with Crippen LogP contribution < -0.4 is 15.2 Å². The van der Waals surface area contributed by atoms with Crippen LogP contribution in [0, 0.1) is 13.8 Å². The molecule has 0 radical (unpaired) electrons. The molecular weight excluding hydrogens is 438 g/mol. The Kier molecular flexibility index (Phi) is 6.17. The van der Waals surface area contributed by atoms with Gasteiger partial charge in [0.25, 0.3) is 0 Å². The van der Waals surface area contributed by atoms with Crippen molar-refractivity contribution in [3.8, 4) is 28.6 Å². The second-order valence-electron chi connectivity index (χ2n) is 7.79. The molecule has 0 fully saturated rings. The molecule has 2 heterocycles. The van der Waals surface area contributed by atoms with Crippen LogP contribution in [0.15, 0.2) is 46.3 Å². The van der Waals surface area contributed by atoms with Crippen LogP contribution >= 0.6 is 0 Å². The summed E-state index contributed by atoms with van der Waals surface area (Å²) in [6, 6.07) is 11.4. The van der Waals surface area contributed by atoms with Crippen molar-refractivity contribution in [1.82, 2.24) is 29.6 Å². The summed E-state index contributed by atoms with van der Waals surface area (Å²) in [6.45, 7) is 4.16. The summed E-state index contributed by atoms with van der Waals surface area (Å²) in [5, 5.41) is 22.9. The monoisotopic (exact) mass is 464 g/mol. The topological polar surface area (TPSA) is 124 Å². The summed E-state index contributed by atoms with van der Waals surface area (Å²) in [4.78, 5) is 12.4. The van der Waals surface area contributed by atoms with Gasteiger partial charge in [0, 0.05) is 25.2 Å². The molecule has 0 aliphatic carbocycles. The fourth-order valence-electron chi connectivity index (χ4n) is 3.81. The summed E-state index contributed by atoms with van der Waals surface area (Å²) in [5.41, 5.74) is 5.17. The van der Waals surface area contributed by atoms with E-state index in [2.05, 4.69) is 20.7 Å². The standard InChI is InChI=1S/C23H25N7O4/c1-14-7-6-8-19(30-23(31)29(4)26-27-30)18(14)13-34-20-10-9-16(11-15(20)2)21-17(12-24-32)22(33-5)28(3)25-21/h6-12,32H,13H2,1-5H3/p+1/b24-12+. The fourth-order valence-corrected chi connectivity index (χ4v) is 3.81. The number of tetrazole rings is 1. The van der Waals surface area contributed by atoms with Gasteiger partial charge in [-0.15, -0.1) is 0 Å². The number of nitrogens with zero attached hydrogens (tertiary/aromatic N) is 7. The molecule has 0 unspecified atom stereocenters. The highest BCUT2D eigenvalue weighted by Gasteiger charge is 2.19. The number of methoxy groups -OCH3 is 1. The summed E-state index contributed by atoms with van der Waals surface area (Å²) in [7, 11) is 4.89. The third-order valence-corrected chi connectivity index (χ3v) is 5.57. The molecular formula is C23H26N7O4+. The van der Waals surface area contributed by atoms with Crippen molar-refractivity contribution >= 4 is 6.21 Å². The minimum Gasteiger partial charge on any atom is -0.489 e. The Labute approximate surface area is 195 Å². The summed E-state index contributed by atoms with van der Waals surface area (Å²) in [6.07, 6.45) is 1.41. The van der Waals surface area contributed by atoms with Gasteiger partial charge in [-0.2, -0.15) is 14.5 Å². The maximum atomic E-state index is 12.4. The average Bonchev–Trinajstić information content (AvgIpc) is 3.32. The minimum atomic E-state index is -0.329. The zero-order valence-electron chi connectivity index (χ0n) is 19.6. The van der Waals surface area contributed by atoms with Crippen LogP contribution in [0.25, 0.3) is 16.9 Å². The van der Waals surface area contributed by atoms with E-state index in [-0.39, 0.29) is 12.3 Å². The summed E-state index contributed by atoms with van der Waals surface area (Å²) >= 11 is 0. The Morgan fingerprint density at radius 2 is 1.88 bits per heavy atom. The average molecular weight is 465 g/mol. The predicted molar refractivity (Wildman–Crippen MR) is 127 cm³/mol. The molecule has 4 aromatic rings. The van der Waals surface area contributed by atoms with E-state index in [1.807, 2.05) is 50.2 Å². The maximum absolute atomic E-state index is 12.4. The number of hydrogen-bond acceptors (Lipinski definition) is 7. The van der Waals surface area contributed by atoms with Gasteiger partial charge < -0.3 is 14.7 Å². The Balaban J connectivity index is 1.64. The van der Waals surface area contributed by atoms with Crippen LogP contribution in [-0.4, -0.2) is 48.1 Å². The Morgan fingerprint density at radius 3 is 2.53 bits per heavy atom.